The van der Waals surface area contributed by atoms with E-state index in [1.54, 1.807) is 11.3 Å². The number of rotatable bonds is 3. The van der Waals surface area contributed by atoms with Gasteiger partial charge in [0, 0.05) is 18.5 Å². The SMILES string of the molecule is Cc1nc(C2CCCC2)sc1C(=O)NC1CCNC1. The quantitative estimate of drug-likeness (QED) is 0.892. The average molecular weight is 279 g/mol. The molecule has 19 heavy (non-hydrogen) atoms. The number of thiazole rings is 1. The van der Waals surface area contributed by atoms with Gasteiger partial charge in [-0.15, -0.1) is 11.3 Å². The Kier molecular flexibility index (Phi) is 3.84. The zero-order valence-electron chi connectivity index (χ0n) is 11.4. The summed E-state index contributed by atoms with van der Waals surface area (Å²) in [6.07, 6.45) is 6.11. The van der Waals surface area contributed by atoms with E-state index in [1.165, 1.54) is 30.7 Å². The lowest BCUT2D eigenvalue weighted by atomic mass is 10.1. The van der Waals surface area contributed by atoms with Gasteiger partial charge in [-0.3, -0.25) is 4.79 Å². The third-order valence-electron chi connectivity index (χ3n) is 4.12. The molecule has 3 rings (SSSR count). The molecule has 1 amide bonds. The molecule has 1 aromatic rings. The molecule has 2 fully saturated rings. The zero-order valence-corrected chi connectivity index (χ0v) is 12.2. The normalized spacial score (nSPS) is 23.9. The van der Waals surface area contributed by atoms with Gasteiger partial charge in [0.15, 0.2) is 0 Å². The maximum absolute atomic E-state index is 12.3. The van der Waals surface area contributed by atoms with Crippen molar-refractivity contribution in [2.24, 2.45) is 0 Å². The monoisotopic (exact) mass is 279 g/mol. The molecule has 2 aliphatic rings. The Hall–Kier alpha value is -0.940. The molecule has 1 unspecified atom stereocenters. The van der Waals surface area contributed by atoms with Crippen LogP contribution in [0.3, 0.4) is 0 Å². The fourth-order valence-electron chi connectivity index (χ4n) is 3.00. The van der Waals surface area contributed by atoms with E-state index in [4.69, 9.17) is 0 Å². The van der Waals surface area contributed by atoms with Crippen molar-refractivity contribution in [3.8, 4) is 0 Å². The average Bonchev–Trinajstić information content (AvgIpc) is 3.07. The maximum atomic E-state index is 12.3. The van der Waals surface area contributed by atoms with E-state index in [0.29, 0.717) is 5.92 Å². The van der Waals surface area contributed by atoms with Crippen LogP contribution in [0, 0.1) is 6.92 Å². The highest BCUT2D eigenvalue weighted by atomic mass is 32.1. The molecule has 1 aliphatic carbocycles. The van der Waals surface area contributed by atoms with Crippen molar-refractivity contribution in [2.75, 3.05) is 13.1 Å². The molecule has 1 aliphatic heterocycles. The van der Waals surface area contributed by atoms with Crippen molar-refractivity contribution in [1.82, 2.24) is 15.6 Å². The molecule has 104 valence electrons. The molecular weight excluding hydrogens is 258 g/mol. The van der Waals surface area contributed by atoms with Gasteiger partial charge in [-0.25, -0.2) is 4.98 Å². The first kappa shape index (κ1) is 13.1. The van der Waals surface area contributed by atoms with Gasteiger partial charge in [0.1, 0.15) is 4.88 Å². The Morgan fingerprint density at radius 1 is 1.37 bits per heavy atom. The molecule has 4 nitrogen and oxygen atoms in total. The molecule has 0 bridgehead atoms. The second-order valence-corrected chi connectivity index (χ2v) is 6.64. The highest BCUT2D eigenvalue weighted by molar-refractivity contribution is 7.13. The van der Waals surface area contributed by atoms with Gasteiger partial charge in [0.05, 0.1) is 10.7 Å². The second-order valence-electron chi connectivity index (χ2n) is 5.61. The predicted octanol–water partition coefficient (Wildman–Crippen LogP) is 2.20. The van der Waals surface area contributed by atoms with Crippen molar-refractivity contribution in [3.05, 3.63) is 15.6 Å². The van der Waals surface area contributed by atoms with Crippen molar-refractivity contribution in [3.63, 3.8) is 0 Å². The highest BCUT2D eigenvalue weighted by Crippen LogP contribution is 2.37. The Morgan fingerprint density at radius 2 is 2.16 bits per heavy atom. The highest BCUT2D eigenvalue weighted by Gasteiger charge is 2.25. The van der Waals surface area contributed by atoms with E-state index in [-0.39, 0.29) is 11.9 Å². The lowest BCUT2D eigenvalue weighted by Crippen LogP contribution is -2.36. The fourth-order valence-corrected chi connectivity index (χ4v) is 4.14. The van der Waals surface area contributed by atoms with Gasteiger partial charge in [0.25, 0.3) is 5.91 Å². The van der Waals surface area contributed by atoms with Crippen LogP contribution in [-0.4, -0.2) is 30.0 Å². The Labute approximate surface area is 118 Å². The molecule has 2 heterocycles. The lowest BCUT2D eigenvalue weighted by Gasteiger charge is -2.10. The largest absolute Gasteiger partial charge is 0.347 e. The maximum Gasteiger partial charge on any atom is 0.263 e. The predicted molar refractivity (Wildman–Crippen MR) is 76.8 cm³/mol. The van der Waals surface area contributed by atoms with Crippen molar-refractivity contribution in [2.45, 2.75) is 51.0 Å². The summed E-state index contributed by atoms with van der Waals surface area (Å²) < 4.78 is 0. The summed E-state index contributed by atoms with van der Waals surface area (Å²) >= 11 is 1.60. The molecule has 1 saturated heterocycles. The van der Waals surface area contributed by atoms with E-state index >= 15 is 0 Å². The van der Waals surface area contributed by atoms with Crippen LogP contribution in [0.2, 0.25) is 0 Å². The van der Waals surface area contributed by atoms with Crippen LogP contribution in [0.25, 0.3) is 0 Å². The number of nitrogens with zero attached hydrogens (tertiary/aromatic N) is 1. The lowest BCUT2D eigenvalue weighted by molar-refractivity contribution is 0.0943. The Balaban J connectivity index is 1.70. The number of hydrogen-bond donors (Lipinski definition) is 2. The van der Waals surface area contributed by atoms with Crippen LogP contribution in [0.1, 0.15) is 58.4 Å². The number of aryl methyl sites for hydroxylation is 1. The second kappa shape index (κ2) is 5.59. The van der Waals surface area contributed by atoms with E-state index in [0.717, 1.165) is 30.1 Å². The number of carbonyl (C=O) groups excluding carboxylic acids is 1. The molecule has 5 heteroatoms. The zero-order chi connectivity index (χ0) is 13.2. The molecule has 1 aromatic heterocycles. The molecular formula is C14H21N3OS. The summed E-state index contributed by atoms with van der Waals surface area (Å²) in [5, 5.41) is 7.55. The van der Waals surface area contributed by atoms with Gasteiger partial charge in [0.2, 0.25) is 0 Å². The van der Waals surface area contributed by atoms with Crippen LogP contribution in [0.5, 0.6) is 0 Å². The third-order valence-corrected chi connectivity index (χ3v) is 5.44. The summed E-state index contributed by atoms with van der Waals surface area (Å²) in [5.74, 6) is 0.659. The molecule has 1 saturated carbocycles. The van der Waals surface area contributed by atoms with Crippen LogP contribution in [0.4, 0.5) is 0 Å². The minimum atomic E-state index is 0.0629. The number of amides is 1. The summed E-state index contributed by atoms with van der Waals surface area (Å²) in [4.78, 5) is 17.7. The van der Waals surface area contributed by atoms with Gasteiger partial charge >= 0.3 is 0 Å². The van der Waals surface area contributed by atoms with Crippen LogP contribution in [0.15, 0.2) is 0 Å². The van der Waals surface area contributed by atoms with Crippen molar-refractivity contribution < 1.29 is 4.79 Å². The number of aromatic nitrogens is 1. The van der Waals surface area contributed by atoms with Crippen molar-refractivity contribution >= 4 is 17.2 Å². The fraction of sp³-hybridized carbons (Fsp3) is 0.714. The topological polar surface area (TPSA) is 54.0 Å². The molecule has 0 aromatic carbocycles. The van der Waals surface area contributed by atoms with E-state index in [1.807, 2.05) is 6.92 Å². The van der Waals surface area contributed by atoms with Crippen LogP contribution < -0.4 is 10.6 Å². The van der Waals surface area contributed by atoms with E-state index in [2.05, 4.69) is 15.6 Å². The summed E-state index contributed by atoms with van der Waals surface area (Å²) in [6, 6.07) is 0.281. The van der Waals surface area contributed by atoms with Gasteiger partial charge in [-0.2, -0.15) is 0 Å². The third kappa shape index (κ3) is 2.82. The van der Waals surface area contributed by atoms with Gasteiger partial charge < -0.3 is 10.6 Å². The van der Waals surface area contributed by atoms with Crippen LogP contribution in [-0.2, 0) is 0 Å². The van der Waals surface area contributed by atoms with E-state index < -0.39 is 0 Å². The number of carbonyl (C=O) groups is 1. The minimum Gasteiger partial charge on any atom is -0.347 e. The van der Waals surface area contributed by atoms with Crippen LogP contribution >= 0.6 is 11.3 Å². The molecule has 2 N–H and O–H groups in total. The summed E-state index contributed by atoms with van der Waals surface area (Å²) in [5.41, 5.74) is 0.898. The standard InChI is InChI=1S/C14H21N3OS/c1-9-12(13(18)17-11-6-7-15-8-11)19-14(16-9)10-4-2-3-5-10/h10-11,15H,2-8H2,1H3,(H,17,18). The Bertz CT molecular complexity index is 459. The van der Waals surface area contributed by atoms with Gasteiger partial charge in [-0.1, -0.05) is 12.8 Å². The Morgan fingerprint density at radius 3 is 2.84 bits per heavy atom. The first-order valence-corrected chi connectivity index (χ1v) is 8.04. The van der Waals surface area contributed by atoms with Crippen molar-refractivity contribution in [1.29, 1.82) is 0 Å². The number of nitrogens with one attached hydrogen (secondary N) is 2. The molecule has 1 atom stereocenters. The summed E-state index contributed by atoms with van der Waals surface area (Å²) in [7, 11) is 0. The van der Waals surface area contributed by atoms with E-state index in [9.17, 15) is 4.79 Å². The first-order valence-electron chi connectivity index (χ1n) is 7.23. The molecule has 0 radical (unpaired) electrons. The first-order chi connectivity index (χ1) is 9.24. The number of hydrogen-bond acceptors (Lipinski definition) is 4. The molecule has 0 spiro atoms. The summed E-state index contributed by atoms with van der Waals surface area (Å²) in [6.45, 7) is 3.84. The smallest absolute Gasteiger partial charge is 0.263 e. The minimum absolute atomic E-state index is 0.0629. The van der Waals surface area contributed by atoms with Gasteiger partial charge in [-0.05, 0) is 32.7 Å².